The third-order valence-electron chi connectivity index (χ3n) is 4.63. The monoisotopic (exact) mass is 347 g/mol. The lowest BCUT2D eigenvalue weighted by atomic mass is 10.1. The van der Waals surface area contributed by atoms with E-state index in [1.165, 1.54) is 6.92 Å². The van der Waals surface area contributed by atoms with Gasteiger partial charge in [-0.05, 0) is 19.4 Å². The lowest BCUT2D eigenvalue weighted by Gasteiger charge is -2.30. The van der Waals surface area contributed by atoms with E-state index in [-0.39, 0.29) is 17.9 Å². The van der Waals surface area contributed by atoms with Crippen molar-refractivity contribution in [2.75, 3.05) is 39.4 Å². The van der Waals surface area contributed by atoms with E-state index in [2.05, 4.69) is 20.2 Å². The van der Waals surface area contributed by atoms with Gasteiger partial charge in [0.1, 0.15) is 0 Å². The summed E-state index contributed by atoms with van der Waals surface area (Å²) < 4.78 is 5.31. The number of nitrogens with one attached hydrogen (secondary N) is 1. The van der Waals surface area contributed by atoms with Crippen molar-refractivity contribution in [1.29, 1.82) is 0 Å². The second-order valence-corrected chi connectivity index (χ2v) is 6.47. The predicted molar refractivity (Wildman–Crippen MR) is 90.5 cm³/mol. The first-order chi connectivity index (χ1) is 12.1. The summed E-state index contributed by atoms with van der Waals surface area (Å²) in [5, 5.41) is 2.74. The summed E-state index contributed by atoms with van der Waals surface area (Å²) in [6, 6.07) is 0.106. The Morgan fingerprint density at radius 3 is 2.84 bits per heavy atom. The third-order valence-corrected chi connectivity index (χ3v) is 4.63. The molecule has 2 saturated heterocycles. The molecule has 2 aliphatic heterocycles. The first kappa shape index (κ1) is 17.8. The summed E-state index contributed by atoms with van der Waals surface area (Å²) >= 11 is 0. The Labute approximate surface area is 147 Å². The molecule has 2 amide bonds. The van der Waals surface area contributed by atoms with Crippen LogP contribution in [-0.4, -0.2) is 71.0 Å². The Hall–Kier alpha value is -2.06. The molecule has 0 spiro atoms. The van der Waals surface area contributed by atoms with Crippen LogP contribution in [0.25, 0.3) is 0 Å². The molecule has 0 saturated carbocycles. The number of hydrogen-bond donors (Lipinski definition) is 1. The standard InChI is InChI=1S/C17H25N5O3/c1-13(23)19-10-14-9-18-11-15(20-14)16-3-2-4-22(16)12-17(24)21-5-7-25-8-6-21/h9,11,16H,2-8,10,12H2,1H3,(H,19,23)/t16-/m1/s1. The molecule has 8 nitrogen and oxygen atoms in total. The zero-order valence-corrected chi connectivity index (χ0v) is 14.6. The largest absolute Gasteiger partial charge is 0.378 e. The Morgan fingerprint density at radius 2 is 2.08 bits per heavy atom. The second-order valence-electron chi connectivity index (χ2n) is 6.47. The van der Waals surface area contributed by atoms with E-state index in [1.54, 1.807) is 12.4 Å². The normalized spacial score (nSPS) is 21.3. The van der Waals surface area contributed by atoms with Gasteiger partial charge in [0, 0.05) is 20.0 Å². The number of carbonyl (C=O) groups is 2. The van der Waals surface area contributed by atoms with Crippen molar-refractivity contribution < 1.29 is 14.3 Å². The van der Waals surface area contributed by atoms with Crippen LogP contribution >= 0.6 is 0 Å². The highest BCUT2D eigenvalue weighted by molar-refractivity contribution is 5.78. The van der Waals surface area contributed by atoms with Crippen LogP contribution in [0.4, 0.5) is 0 Å². The van der Waals surface area contributed by atoms with Gasteiger partial charge in [0.05, 0.1) is 56.1 Å². The molecule has 0 aliphatic carbocycles. The fourth-order valence-corrected chi connectivity index (χ4v) is 3.32. The minimum absolute atomic E-state index is 0.0918. The molecule has 0 unspecified atom stereocenters. The first-order valence-electron chi connectivity index (χ1n) is 8.78. The summed E-state index contributed by atoms with van der Waals surface area (Å²) in [7, 11) is 0. The average Bonchev–Trinajstić information content (AvgIpc) is 3.09. The van der Waals surface area contributed by atoms with Gasteiger partial charge in [-0.2, -0.15) is 0 Å². The summed E-state index contributed by atoms with van der Waals surface area (Å²) in [6.07, 6.45) is 5.43. The van der Waals surface area contributed by atoms with Crippen LogP contribution in [0.5, 0.6) is 0 Å². The molecule has 0 aromatic carbocycles. The molecule has 1 aromatic heterocycles. The first-order valence-corrected chi connectivity index (χ1v) is 8.78. The minimum Gasteiger partial charge on any atom is -0.378 e. The summed E-state index contributed by atoms with van der Waals surface area (Å²) in [5.74, 6) is 0.0587. The number of carbonyl (C=O) groups excluding carboxylic acids is 2. The molecule has 1 atom stereocenters. The van der Waals surface area contributed by atoms with Crippen LogP contribution in [0.1, 0.15) is 37.2 Å². The molecule has 3 heterocycles. The predicted octanol–water partition coefficient (Wildman–Crippen LogP) is 0.108. The van der Waals surface area contributed by atoms with Crippen LogP contribution in [-0.2, 0) is 20.9 Å². The highest BCUT2D eigenvalue weighted by Gasteiger charge is 2.30. The molecule has 2 aliphatic rings. The molecule has 8 heteroatoms. The smallest absolute Gasteiger partial charge is 0.236 e. The van der Waals surface area contributed by atoms with E-state index in [1.807, 2.05) is 4.90 Å². The van der Waals surface area contributed by atoms with E-state index in [0.717, 1.165) is 30.8 Å². The van der Waals surface area contributed by atoms with Gasteiger partial charge in [-0.3, -0.25) is 24.5 Å². The maximum atomic E-state index is 12.5. The summed E-state index contributed by atoms with van der Waals surface area (Å²) in [6.45, 7) is 5.72. The zero-order chi connectivity index (χ0) is 17.6. The number of nitrogens with zero attached hydrogens (tertiary/aromatic N) is 4. The topological polar surface area (TPSA) is 87.7 Å². The molecule has 1 N–H and O–H groups in total. The molecular weight excluding hydrogens is 322 g/mol. The van der Waals surface area contributed by atoms with Gasteiger partial charge >= 0.3 is 0 Å². The highest BCUT2D eigenvalue weighted by Crippen LogP contribution is 2.30. The van der Waals surface area contributed by atoms with Crippen molar-refractivity contribution in [3.05, 3.63) is 23.8 Å². The van der Waals surface area contributed by atoms with Crippen molar-refractivity contribution in [2.45, 2.75) is 32.4 Å². The lowest BCUT2D eigenvalue weighted by molar-refractivity contribution is -0.136. The summed E-state index contributed by atoms with van der Waals surface area (Å²) in [4.78, 5) is 36.5. The quantitative estimate of drug-likeness (QED) is 0.813. The van der Waals surface area contributed by atoms with Gasteiger partial charge in [0.2, 0.25) is 11.8 Å². The number of morpholine rings is 1. The Balaban J connectivity index is 1.63. The Kier molecular flexibility index (Phi) is 5.93. The van der Waals surface area contributed by atoms with Gasteiger partial charge in [-0.25, -0.2) is 0 Å². The molecule has 1 aromatic rings. The van der Waals surface area contributed by atoms with Crippen molar-refractivity contribution >= 4 is 11.8 Å². The van der Waals surface area contributed by atoms with Crippen LogP contribution in [0.2, 0.25) is 0 Å². The molecule has 25 heavy (non-hydrogen) atoms. The lowest BCUT2D eigenvalue weighted by Crippen LogP contribution is -2.45. The molecule has 2 fully saturated rings. The van der Waals surface area contributed by atoms with Crippen LogP contribution in [0.15, 0.2) is 12.4 Å². The maximum absolute atomic E-state index is 12.5. The average molecular weight is 347 g/mol. The fraction of sp³-hybridized carbons (Fsp3) is 0.647. The van der Waals surface area contributed by atoms with Crippen LogP contribution in [0, 0.1) is 0 Å². The summed E-state index contributed by atoms with van der Waals surface area (Å²) in [5.41, 5.74) is 1.61. The molecule has 0 bridgehead atoms. The molecular formula is C17H25N5O3. The van der Waals surface area contributed by atoms with Gasteiger partial charge in [-0.1, -0.05) is 0 Å². The van der Waals surface area contributed by atoms with Crippen molar-refractivity contribution in [3.63, 3.8) is 0 Å². The van der Waals surface area contributed by atoms with E-state index in [4.69, 9.17) is 4.74 Å². The number of rotatable bonds is 5. The molecule has 136 valence electrons. The number of amides is 2. The van der Waals surface area contributed by atoms with E-state index in [9.17, 15) is 9.59 Å². The maximum Gasteiger partial charge on any atom is 0.236 e. The number of hydrogen-bond acceptors (Lipinski definition) is 6. The van der Waals surface area contributed by atoms with Gasteiger partial charge in [0.15, 0.2) is 0 Å². The number of aromatic nitrogens is 2. The van der Waals surface area contributed by atoms with Crippen LogP contribution in [0.3, 0.4) is 0 Å². The molecule has 3 rings (SSSR count). The van der Waals surface area contributed by atoms with Gasteiger partial charge < -0.3 is 15.0 Å². The van der Waals surface area contributed by atoms with Crippen molar-refractivity contribution in [2.24, 2.45) is 0 Å². The SMILES string of the molecule is CC(=O)NCc1cncc([C@H]2CCCN2CC(=O)N2CCOCC2)n1. The van der Waals surface area contributed by atoms with E-state index in [0.29, 0.717) is 39.4 Å². The Morgan fingerprint density at radius 1 is 1.28 bits per heavy atom. The van der Waals surface area contributed by atoms with Crippen molar-refractivity contribution in [3.8, 4) is 0 Å². The zero-order valence-electron chi connectivity index (χ0n) is 14.6. The molecule has 0 radical (unpaired) electrons. The number of ether oxygens (including phenoxy) is 1. The third kappa shape index (κ3) is 4.73. The van der Waals surface area contributed by atoms with Crippen LogP contribution < -0.4 is 5.32 Å². The van der Waals surface area contributed by atoms with Crippen molar-refractivity contribution in [1.82, 2.24) is 25.1 Å². The highest BCUT2D eigenvalue weighted by atomic mass is 16.5. The number of likely N-dealkylation sites (tertiary alicyclic amines) is 1. The Bertz CT molecular complexity index is 618. The fourth-order valence-electron chi connectivity index (χ4n) is 3.32. The second kappa shape index (κ2) is 8.35. The van der Waals surface area contributed by atoms with Gasteiger partial charge in [-0.15, -0.1) is 0 Å². The van der Waals surface area contributed by atoms with E-state index >= 15 is 0 Å². The van der Waals surface area contributed by atoms with E-state index < -0.39 is 0 Å². The minimum atomic E-state index is -0.0918. The van der Waals surface area contributed by atoms with Gasteiger partial charge in [0.25, 0.3) is 0 Å².